The van der Waals surface area contributed by atoms with Gasteiger partial charge in [-0.25, -0.2) is 0 Å². The van der Waals surface area contributed by atoms with Gasteiger partial charge >= 0.3 is 0 Å². The van der Waals surface area contributed by atoms with Crippen LogP contribution in [0.5, 0.6) is 0 Å². The van der Waals surface area contributed by atoms with E-state index in [0.29, 0.717) is 0 Å². The third kappa shape index (κ3) is 3.33. The van der Waals surface area contributed by atoms with Gasteiger partial charge in [-0.05, 0) is 57.3 Å². The van der Waals surface area contributed by atoms with Crippen LogP contribution >= 0.6 is 0 Å². The Morgan fingerprint density at radius 3 is 2.67 bits per heavy atom. The SMILES string of the molecule is Cn1ccc(CN2CCC(CNC3CC3)CC2)n1. The van der Waals surface area contributed by atoms with Gasteiger partial charge in [-0.3, -0.25) is 9.58 Å². The van der Waals surface area contributed by atoms with E-state index in [0.717, 1.165) is 18.5 Å². The molecule has 4 heteroatoms. The molecule has 1 aromatic heterocycles. The molecule has 0 spiro atoms. The molecule has 2 aliphatic rings. The van der Waals surface area contributed by atoms with E-state index in [1.54, 1.807) is 0 Å². The number of nitrogens with one attached hydrogen (secondary N) is 1. The maximum absolute atomic E-state index is 4.45. The molecule has 0 atom stereocenters. The molecule has 0 amide bonds. The Morgan fingerprint density at radius 1 is 1.28 bits per heavy atom. The van der Waals surface area contributed by atoms with Crippen LogP contribution in [0.4, 0.5) is 0 Å². The second kappa shape index (κ2) is 5.41. The van der Waals surface area contributed by atoms with Crippen LogP contribution in [0.25, 0.3) is 0 Å². The van der Waals surface area contributed by atoms with E-state index in [1.807, 2.05) is 17.9 Å². The van der Waals surface area contributed by atoms with Gasteiger partial charge in [0, 0.05) is 25.8 Å². The lowest BCUT2D eigenvalue weighted by atomic mass is 9.96. The fraction of sp³-hybridized carbons (Fsp3) is 0.786. The second-order valence-electron chi connectivity index (χ2n) is 5.88. The number of hydrogen-bond acceptors (Lipinski definition) is 3. The van der Waals surface area contributed by atoms with E-state index >= 15 is 0 Å². The van der Waals surface area contributed by atoms with Crippen molar-refractivity contribution < 1.29 is 0 Å². The van der Waals surface area contributed by atoms with Crippen LogP contribution in [0.2, 0.25) is 0 Å². The molecule has 18 heavy (non-hydrogen) atoms. The highest BCUT2D eigenvalue weighted by molar-refractivity contribution is 4.98. The van der Waals surface area contributed by atoms with Gasteiger partial charge in [-0.2, -0.15) is 5.10 Å². The van der Waals surface area contributed by atoms with E-state index in [-0.39, 0.29) is 0 Å². The summed E-state index contributed by atoms with van der Waals surface area (Å²) >= 11 is 0. The van der Waals surface area contributed by atoms with E-state index < -0.39 is 0 Å². The molecule has 100 valence electrons. The molecular formula is C14H24N4. The van der Waals surface area contributed by atoms with Crippen LogP contribution in [0, 0.1) is 5.92 Å². The van der Waals surface area contributed by atoms with Gasteiger partial charge in [0.15, 0.2) is 0 Å². The smallest absolute Gasteiger partial charge is 0.0764 e. The Balaban J connectivity index is 1.39. The summed E-state index contributed by atoms with van der Waals surface area (Å²) in [5.41, 5.74) is 1.20. The van der Waals surface area contributed by atoms with E-state index in [2.05, 4.69) is 21.4 Å². The van der Waals surface area contributed by atoms with Crippen molar-refractivity contribution in [2.75, 3.05) is 19.6 Å². The zero-order chi connectivity index (χ0) is 12.4. The molecular weight excluding hydrogens is 224 g/mol. The molecule has 0 unspecified atom stereocenters. The Bertz CT molecular complexity index is 375. The normalized spacial score (nSPS) is 22.5. The Labute approximate surface area is 109 Å². The van der Waals surface area contributed by atoms with Crippen molar-refractivity contribution in [3.05, 3.63) is 18.0 Å². The Morgan fingerprint density at radius 2 is 2.06 bits per heavy atom. The third-order valence-electron chi connectivity index (χ3n) is 4.13. The topological polar surface area (TPSA) is 33.1 Å². The van der Waals surface area contributed by atoms with Gasteiger partial charge in [-0.1, -0.05) is 0 Å². The fourth-order valence-electron chi connectivity index (χ4n) is 2.75. The highest BCUT2D eigenvalue weighted by Crippen LogP contribution is 2.22. The highest BCUT2D eigenvalue weighted by Gasteiger charge is 2.24. The lowest BCUT2D eigenvalue weighted by Gasteiger charge is -2.31. The molecule has 2 heterocycles. The monoisotopic (exact) mass is 248 g/mol. The van der Waals surface area contributed by atoms with Crippen molar-refractivity contribution >= 4 is 0 Å². The predicted octanol–water partition coefficient (Wildman–Crippen LogP) is 1.38. The number of hydrogen-bond donors (Lipinski definition) is 1. The number of aryl methyl sites for hydroxylation is 1. The summed E-state index contributed by atoms with van der Waals surface area (Å²) in [5, 5.41) is 8.11. The Kier molecular flexibility index (Phi) is 3.66. The zero-order valence-electron chi connectivity index (χ0n) is 11.3. The van der Waals surface area contributed by atoms with Crippen LogP contribution < -0.4 is 5.32 Å². The van der Waals surface area contributed by atoms with Crippen molar-refractivity contribution in [2.45, 2.75) is 38.3 Å². The van der Waals surface area contributed by atoms with Crippen molar-refractivity contribution in [1.82, 2.24) is 20.0 Å². The lowest BCUT2D eigenvalue weighted by Crippen LogP contribution is -2.37. The minimum absolute atomic E-state index is 0.858. The number of nitrogens with zero attached hydrogens (tertiary/aromatic N) is 3. The standard InChI is InChI=1S/C14H24N4/c1-17-7-6-14(16-17)11-18-8-4-12(5-9-18)10-15-13-2-3-13/h6-7,12-13,15H,2-5,8-11H2,1H3. The highest BCUT2D eigenvalue weighted by atomic mass is 15.3. The molecule has 2 fully saturated rings. The minimum Gasteiger partial charge on any atom is -0.314 e. The van der Waals surface area contributed by atoms with E-state index in [1.165, 1.54) is 51.0 Å². The molecule has 1 saturated carbocycles. The zero-order valence-corrected chi connectivity index (χ0v) is 11.3. The first-order valence-electron chi connectivity index (χ1n) is 7.24. The number of piperidine rings is 1. The van der Waals surface area contributed by atoms with Crippen LogP contribution in [0.1, 0.15) is 31.4 Å². The molecule has 1 aliphatic carbocycles. The summed E-state index contributed by atoms with van der Waals surface area (Å²) in [5.74, 6) is 0.894. The maximum Gasteiger partial charge on any atom is 0.0764 e. The minimum atomic E-state index is 0.858. The first-order chi connectivity index (χ1) is 8.79. The predicted molar refractivity (Wildman–Crippen MR) is 72.2 cm³/mol. The number of likely N-dealkylation sites (tertiary alicyclic amines) is 1. The number of rotatable bonds is 5. The van der Waals surface area contributed by atoms with Crippen LogP contribution in [0.3, 0.4) is 0 Å². The second-order valence-corrected chi connectivity index (χ2v) is 5.88. The van der Waals surface area contributed by atoms with Gasteiger partial charge in [-0.15, -0.1) is 0 Å². The van der Waals surface area contributed by atoms with Crippen molar-refractivity contribution in [2.24, 2.45) is 13.0 Å². The number of aromatic nitrogens is 2. The largest absolute Gasteiger partial charge is 0.314 e. The first-order valence-corrected chi connectivity index (χ1v) is 7.24. The van der Waals surface area contributed by atoms with Gasteiger partial charge < -0.3 is 5.32 Å². The van der Waals surface area contributed by atoms with Crippen molar-refractivity contribution in [3.63, 3.8) is 0 Å². The molecule has 0 aromatic carbocycles. The molecule has 1 aromatic rings. The fourth-order valence-corrected chi connectivity index (χ4v) is 2.75. The van der Waals surface area contributed by atoms with Crippen LogP contribution in [0.15, 0.2) is 12.3 Å². The quantitative estimate of drug-likeness (QED) is 0.854. The third-order valence-corrected chi connectivity index (χ3v) is 4.13. The molecule has 1 saturated heterocycles. The van der Waals surface area contributed by atoms with Crippen LogP contribution in [-0.4, -0.2) is 40.4 Å². The van der Waals surface area contributed by atoms with E-state index in [9.17, 15) is 0 Å². The maximum atomic E-state index is 4.45. The van der Waals surface area contributed by atoms with Gasteiger partial charge in [0.25, 0.3) is 0 Å². The molecule has 0 radical (unpaired) electrons. The lowest BCUT2D eigenvalue weighted by molar-refractivity contribution is 0.173. The summed E-state index contributed by atoms with van der Waals surface area (Å²) in [6.45, 7) is 4.72. The molecule has 3 rings (SSSR count). The molecule has 1 N–H and O–H groups in total. The van der Waals surface area contributed by atoms with Crippen LogP contribution in [-0.2, 0) is 13.6 Å². The molecule has 1 aliphatic heterocycles. The summed E-state index contributed by atoms with van der Waals surface area (Å²) in [7, 11) is 1.99. The molecule has 0 bridgehead atoms. The summed E-state index contributed by atoms with van der Waals surface area (Å²) in [6.07, 6.45) is 7.51. The first kappa shape index (κ1) is 12.2. The van der Waals surface area contributed by atoms with Crippen molar-refractivity contribution in [3.8, 4) is 0 Å². The summed E-state index contributed by atoms with van der Waals surface area (Å²) < 4.78 is 1.89. The van der Waals surface area contributed by atoms with Gasteiger partial charge in [0.2, 0.25) is 0 Å². The summed E-state index contributed by atoms with van der Waals surface area (Å²) in [4.78, 5) is 2.54. The average molecular weight is 248 g/mol. The van der Waals surface area contributed by atoms with Crippen molar-refractivity contribution in [1.29, 1.82) is 0 Å². The summed E-state index contributed by atoms with van der Waals surface area (Å²) in [6, 6.07) is 2.98. The van der Waals surface area contributed by atoms with E-state index in [4.69, 9.17) is 0 Å². The average Bonchev–Trinajstić information content (AvgIpc) is 3.12. The van der Waals surface area contributed by atoms with Gasteiger partial charge in [0.1, 0.15) is 0 Å². The Hall–Kier alpha value is -0.870. The molecule has 4 nitrogen and oxygen atoms in total. The van der Waals surface area contributed by atoms with Gasteiger partial charge in [0.05, 0.1) is 5.69 Å².